The minimum Gasteiger partial charge on any atom is -0.485 e. The van der Waals surface area contributed by atoms with Crippen LogP contribution < -0.4 is 15.0 Å². The number of imidazole rings is 1. The predicted octanol–water partition coefficient (Wildman–Crippen LogP) is 6.89. The zero-order chi connectivity index (χ0) is 25.3. The molecule has 0 spiro atoms. The molecule has 7 rings (SSSR count). The second kappa shape index (κ2) is 9.90. The van der Waals surface area contributed by atoms with Gasteiger partial charge in [-0.15, -0.1) is 0 Å². The van der Waals surface area contributed by atoms with Gasteiger partial charge in [-0.3, -0.25) is 4.40 Å². The molecule has 2 aliphatic rings. The summed E-state index contributed by atoms with van der Waals surface area (Å²) in [5, 5.41) is 3.73. The predicted molar refractivity (Wildman–Crippen MR) is 154 cm³/mol. The van der Waals surface area contributed by atoms with Crippen LogP contribution in [0, 0.1) is 0 Å². The summed E-state index contributed by atoms with van der Waals surface area (Å²) in [6.07, 6.45) is 6.80. The quantitative estimate of drug-likeness (QED) is 0.264. The van der Waals surface area contributed by atoms with Gasteiger partial charge in [0.15, 0.2) is 11.4 Å². The van der Waals surface area contributed by atoms with Crippen LogP contribution in [0.3, 0.4) is 0 Å². The van der Waals surface area contributed by atoms with Gasteiger partial charge in [-0.1, -0.05) is 60.7 Å². The van der Waals surface area contributed by atoms with E-state index in [0.29, 0.717) is 6.61 Å². The lowest BCUT2D eigenvalue weighted by Crippen LogP contribution is -2.34. The van der Waals surface area contributed by atoms with E-state index in [2.05, 4.69) is 75.4 Å². The van der Waals surface area contributed by atoms with Gasteiger partial charge >= 0.3 is 0 Å². The van der Waals surface area contributed by atoms with Crippen LogP contribution in [-0.2, 0) is 26.0 Å². The van der Waals surface area contributed by atoms with Crippen molar-refractivity contribution in [1.29, 1.82) is 0 Å². The van der Waals surface area contributed by atoms with E-state index >= 15 is 0 Å². The Morgan fingerprint density at radius 1 is 0.789 bits per heavy atom. The topological polar surface area (TPSA) is 41.8 Å². The van der Waals surface area contributed by atoms with E-state index in [1.807, 2.05) is 30.3 Å². The van der Waals surface area contributed by atoms with Crippen LogP contribution in [0.5, 0.6) is 5.75 Å². The third-order valence-electron chi connectivity index (χ3n) is 7.76. The molecule has 0 radical (unpaired) electrons. The van der Waals surface area contributed by atoms with Crippen molar-refractivity contribution >= 4 is 17.2 Å². The largest absolute Gasteiger partial charge is 0.485 e. The Morgan fingerprint density at radius 2 is 1.47 bits per heavy atom. The lowest BCUT2D eigenvalue weighted by atomic mass is 9.89. The lowest BCUT2D eigenvalue weighted by Gasteiger charge is -2.37. The van der Waals surface area contributed by atoms with Crippen molar-refractivity contribution in [3.63, 3.8) is 0 Å². The fourth-order valence-corrected chi connectivity index (χ4v) is 5.98. The first-order valence-electron chi connectivity index (χ1n) is 13.7. The highest BCUT2D eigenvalue weighted by Gasteiger charge is 2.26. The fourth-order valence-electron chi connectivity index (χ4n) is 5.98. The number of pyridine rings is 1. The molecular weight excluding hydrogens is 468 g/mol. The molecule has 0 saturated heterocycles. The average Bonchev–Trinajstić information content (AvgIpc) is 3.35. The number of aromatic nitrogens is 2. The zero-order valence-corrected chi connectivity index (χ0v) is 21.6. The molecule has 0 fully saturated rings. The first-order valence-corrected chi connectivity index (χ1v) is 13.7. The van der Waals surface area contributed by atoms with Crippen LogP contribution in [0.1, 0.15) is 35.1 Å². The van der Waals surface area contributed by atoms with Crippen molar-refractivity contribution in [2.24, 2.45) is 0 Å². The maximum Gasteiger partial charge on any atom is 0.181 e. The highest BCUT2D eigenvalue weighted by molar-refractivity contribution is 5.81. The molecule has 2 aliphatic heterocycles. The molecule has 3 aromatic carbocycles. The summed E-state index contributed by atoms with van der Waals surface area (Å²) in [7, 11) is 0. The highest BCUT2D eigenvalue weighted by Crippen LogP contribution is 2.41. The summed E-state index contributed by atoms with van der Waals surface area (Å²) in [6, 6.07) is 29.7. The summed E-state index contributed by atoms with van der Waals surface area (Å²) in [5.74, 6) is 1.79. The van der Waals surface area contributed by atoms with E-state index in [9.17, 15) is 0 Å². The molecule has 0 aliphatic carbocycles. The number of fused-ring (bicyclic) bond motifs is 1. The molecule has 0 amide bonds. The molecule has 0 saturated carbocycles. The number of aryl methyl sites for hydroxylation is 2. The molecule has 5 nitrogen and oxygen atoms in total. The van der Waals surface area contributed by atoms with Crippen molar-refractivity contribution in [3.8, 4) is 17.0 Å². The third kappa shape index (κ3) is 4.28. The molecule has 5 aromatic rings. The molecule has 0 atom stereocenters. The number of hydrogen-bond donors (Lipinski definition) is 1. The minimum absolute atomic E-state index is 0.508. The second-order valence-corrected chi connectivity index (χ2v) is 10.3. The summed E-state index contributed by atoms with van der Waals surface area (Å²) in [5.41, 5.74) is 9.81. The Bertz CT molecular complexity index is 1540. The smallest absolute Gasteiger partial charge is 0.181 e. The molecule has 2 aromatic heterocycles. The Kier molecular flexibility index (Phi) is 5.97. The van der Waals surface area contributed by atoms with Gasteiger partial charge in [-0.05, 0) is 72.2 Å². The van der Waals surface area contributed by atoms with E-state index in [4.69, 9.17) is 9.72 Å². The number of nitrogens with zero attached hydrogens (tertiary/aromatic N) is 3. The van der Waals surface area contributed by atoms with E-state index in [1.54, 1.807) is 0 Å². The number of ether oxygens (including phenoxy) is 1. The number of rotatable bonds is 7. The van der Waals surface area contributed by atoms with Gasteiger partial charge in [0.2, 0.25) is 0 Å². The van der Waals surface area contributed by atoms with Crippen molar-refractivity contribution in [3.05, 3.63) is 113 Å². The van der Waals surface area contributed by atoms with E-state index in [-0.39, 0.29) is 0 Å². The van der Waals surface area contributed by atoms with E-state index < -0.39 is 0 Å². The number of hydrogen-bond acceptors (Lipinski definition) is 4. The Balaban J connectivity index is 1.32. The minimum atomic E-state index is 0.508. The Morgan fingerprint density at radius 3 is 2.18 bits per heavy atom. The maximum absolute atomic E-state index is 6.31. The van der Waals surface area contributed by atoms with Crippen LogP contribution in [-0.4, -0.2) is 22.5 Å². The molecule has 0 bridgehead atoms. The average molecular weight is 501 g/mol. The van der Waals surface area contributed by atoms with Gasteiger partial charge in [0.05, 0.1) is 0 Å². The monoisotopic (exact) mass is 500 g/mol. The molecule has 5 heteroatoms. The first kappa shape index (κ1) is 22.9. The fraction of sp³-hybridized carbons (Fsp3) is 0.242. The standard InChI is InChI=1S/C33H32N4O/c1-3-10-24(11-4-1)22-34-33-30(28-20-26-14-7-17-36-18-8-15-27(21-28)31(26)36)35-32-29(16-9-19-37(32)33)38-23-25-12-5-2-6-13-25/h1-6,9-13,16,19-21,34H,7-8,14-15,17-18,22-23H2. The van der Waals surface area contributed by atoms with Crippen molar-refractivity contribution in [1.82, 2.24) is 9.38 Å². The highest BCUT2D eigenvalue weighted by atomic mass is 16.5. The zero-order valence-electron chi connectivity index (χ0n) is 21.6. The van der Waals surface area contributed by atoms with Gasteiger partial charge in [-0.25, -0.2) is 4.98 Å². The molecule has 1 N–H and O–H groups in total. The summed E-state index contributed by atoms with van der Waals surface area (Å²) in [6.45, 7) is 3.59. The van der Waals surface area contributed by atoms with Gasteiger partial charge in [-0.2, -0.15) is 0 Å². The number of benzene rings is 3. The summed E-state index contributed by atoms with van der Waals surface area (Å²) < 4.78 is 8.46. The Hall–Kier alpha value is -4.25. The van der Waals surface area contributed by atoms with Gasteiger partial charge in [0.25, 0.3) is 0 Å². The summed E-state index contributed by atoms with van der Waals surface area (Å²) in [4.78, 5) is 7.82. The van der Waals surface area contributed by atoms with Gasteiger partial charge in [0.1, 0.15) is 18.1 Å². The molecule has 190 valence electrons. The number of anilines is 2. The lowest BCUT2D eigenvalue weighted by molar-refractivity contribution is 0.308. The SMILES string of the molecule is c1ccc(CNc2c(-c3cc4c5c(c3)CCCN5CCC4)nc3c(OCc4ccccc4)cccn23)cc1. The van der Waals surface area contributed by atoms with Crippen molar-refractivity contribution < 1.29 is 4.74 Å². The molecule has 0 unspecified atom stereocenters. The van der Waals surface area contributed by atoms with Gasteiger partial charge in [0, 0.05) is 37.1 Å². The van der Waals surface area contributed by atoms with Gasteiger partial charge < -0.3 is 15.0 Å². The molecule has 38 heavy (non-hydrogen) atoms. The van der Waals surface area contributed by atoms with Crippen LogP contribution in [0.2, 0.25) is 0 Å². The number of nitrogens with one attached hydrogen (secondary N) is 1. The van der Waals surface area contributed by atoms with Crippen molar-refractivity contribution in [2.75, 3.05) is 23.3 Å². The van der Waals surface area contributed by atoms with Crippen molar-refractivity contribution in [2.45, 2.75) is 38.8 Å². The molecule has 4 heterocycles. The normalized spacial score (nSPS) is 14.4. The van der Waals surface area contributed by atoms with Crippen LogP contribution in [0.25, 0.3) is 16.9 Å². The van der Waals surface area contributed by atoms with E-state index in [0.717, 1.165) is 47.9 Å². The van der Waals surface area contributed by atoms with Crippen LogP contribution in [0.4, 0.5) is 11.5 Å². The maximum atomic E-state index is 6.31. The van der Waals surface area contributed by atoms with Crippen LogP contribution >= 0.6 is 0 Å². The Labute approximate surface area is 223 Å². The third-order valence-corrected chi connectivity index (χ3v) is 7.76. The summed E-state index contributed by atoms with van der Waals surface area (Å²) >= 11 is 0. The second-order valence-electron chi connectivity index (χ2n) is 10.3. The first-order chi connectivity index (χ1) is 18.8. The van der Waals surface area contributed by atoms with Crippen LogP contribution in [0.15, 0.2) is 91.1 Å². The molecular formula is C33H32N4O. The van der Waals surface area contributed by atoms with E-state index in [1.165, 1.54) is 53.9 Å².